The molecule has 0 aliphatic heterocycles. The van der Waals surface area contributed by atoms with Crippen LogP contribution in [0.1, 0.15) is 17.3 Å². The molecule has 0 amide bonds. The second kappa shape index (κ2) is 6.70. The van der Waals surface area contributed by atoms with E-state index in [9.17, 15) is 14.4 Å². The van der Waals surface area contributed by atoms with Crippen molar-refractivity contribution in [1.82, 2.24) is 9.55 Å². The van der Waals surface area contributed by atoms with Gasteiger partial charge in [0.25, 0.3) is 6.47 Å². The zero-order chi connectivity index (χ0) is 16.1. The normalized spacial score (nSPS) is 10.4. The summed E-state index contributed by atoms with van der Waals surface area (Å²) in [5.41, 5.74) is -0.717. The van der Waals surface area contributed by atoms with Crippen molar-refractivity contribution < 1.29 is 24.2 Å². The molecular formula is C14H14N2O6. The van der Waals surface area contributed by atoms with Crippen molar-refractivity contribution in [2.75, 3.05) is 13.2 Å². The van der Waals surface area contributed by atoms with E-state index < -0.39 is 11.4 Å². The Morgan fingerprint density at radius 1 is 1.45 bits per heavy atom. The molecule has 0 radical (unpaired) electrons. The maximum absolute atomic E-state index is 12.2. The minimum absolute atomic E-state index is 0.0288. The van der Waals surface area contributed by atoms with Crippen LogP contribution in [0, 0.1) is 0 Å². The summed E-state index contributed by atoms with van der Waals surface area (Å²) in [5.74, 6) is -1.01. The van der Waals surface area contributed by atoms with Gasteiger partial charge in [-0.25, -0.2) is 4.79 Å². The van der Waals surface area contributed by atoms with Crippen molar-refractivity contribution in [3.8, 4) is 5.88 Å². The maximum atomic E-state index is 12.2. The SMILES string of the molecule is CCOc1ccc2c(=O)c(C(=O)O)cn(CCOC=O)c2n1. The van der Waals surface area contributed by atoms with Gasteiger partial charge >= 0.3 is 5.97 Å². The van der Waals surface area contributed by atoms with E-state index >= 15 is 0 Å². The summed E-state index contributed by atoms with van der Waals surface area (Å²) in [4.78, 5) is 37.8. The summed E-state index contributed by atoms with van der Waals surface area (Å²) in [5, 5.41) is 9.28. The van der Waals surface area contributed by atoms with Crippen molar-refractivity contribution in [2.45, 2.75) is 13.5 Å². The molecule has 0 bridgehead atoms. The highest BCUT2D eigenvalue weighted by Gasteiger charge is 2.16. The molecule has 0 aromatic carbocycles. The highest BCUT2D eigenvalue weighted by Crippen LogP contribution is 2.15. The third-order valence-electron chi connectivity index (χ3n) is 2.94. The molecule has 22 heavy (non-hydrogen) atoms. The second-order valence-electron chi connectivity index (χ2n) is 4.29. The number of nitrogens with zero attached hydrogens (tertiary/aromatic N) is 2. The largest absolute Gasteiger partial charge is 0.478 e. The fraction of sp³-hybridized carbons (Fsp3) is 0.286. The monoisotopic (exact) mass is 306 g/mol. The van der Waals surface area contributed by atoms with Gasteiger partial charge in [-0.2, -0.15) is 4.98 Å². The van der Waals surface area contributed by atoms with Gasteiger partial charge in [-0.15, -0.1) is 0 Å². The van der Waals surface area contributed by atoms with Crippen LogP contribution in [0.2, 0.25) is 0 Å². The van der Waals surface area contributed by atoms with Crippen molar-refractivity contribution in [2.24, 2.45) is 0 Å². The van der Waals surface area contributed by atoms with Crippen LogP contribution in [-0.4, -0.2) is 40.3 Å². The molecule has 0 spiro atoms. The van der Waals surface area contributed by atoms with E-state index in [2.05, 4.69) is 9.72 Å². The molecule has 2 rings (SSSR count). The number of pyridine rings is 2. The number of aromatic nitrogens is 2. The topological polar surface area (TPSA) is 108 Å². The summed E-state index contributed by atoms with van der Waals surface area (Å²) in [6.07, 6.45) is 1.18. The minimum atomic E-state index is -1.33. The number of aromatic carboxylic acids is 1. The number of rotatable bonds is 7. The standard InChI is InChI=1S/C14H14N2O6/c1-2-22-11-4-3-9-12(18)10(14(19)20)7-16(13(9)15-11)5-6-21-8-17/h3-4,7-8H,2,5-6H2,1H3,(H,19,20). The van der Waals surface area contributed by atoms with Crippen LogP contribution < -0.4 is 10.2 Å². The highest BCUT2D eigenvalue weighted by molar-refractivity contribution is 5.91. The molecule has 2 aromatic heterocycles. The lowest BCUT2D eigenvalue weighted by Crippen LogP contribution is -2.20. The van der Waals surface area contributed by atoms with Gasteiger partial charge in [0.05, 0.1) is 18.5 Å². The molecule has 2 heterocycles. The number of hydrogen-bond acceptors (Lipinski definition) is 6. The van der Waals surface area contributed by atoms with E-state index in [-0.39, 0.29) is 29.7 Å². The van der Waals surface area contributed by atoms with E-state index in [1.54, 1.807) is 6.92 Å². The third-order valence-corrected chi connectivity index (χ3v) is 2.94. The summed E-state index contributed by atoms with van der Waals surface area (Å²) in [6, 6.07) is 2.98. The van der Waals surface area contributed by atoms with Gasteiger partial charge < -0.3 is 19.1 Å². The average molecular weight is 306 g/mol. The third kappa shape index (κ3) is 3.05. The van der Waals surface area contributed by atoms with E-state index in [1.807, 2.05) is 0 Å². The minimum Gasteiger partial charge on any atom is -0.478 e. The average Bonchev–Trinajstić information content (AvgIpc) is 2.49. The number of carbonyl (C=O) groups excluding carboxylic acids is 1. The van der Waals surface area contributed by atoms with Crippen LogP contribution in [0.15, 0.2) is 23.1 Å². The lowest BCUT2D eigenvalue weighted by molar-refractivity contribution is -0.128. The van der Waals surface area contributed by atoms with Crippen LogP contribution >= 0.6 is 0 Å². The molecule has 0 unspecified atom stereocenters. The zero-order valence-electron chi connectivity index (χ0n) is 11.8. The molecule has 0 saturated carbocycles. The van der Waals surface area contributed by atoms with Crippen LogP contribution in [-0.2, 0) is 16.1 Å². The molecular weight excluding hydrogens is 292 g/mol. The predicted molar refractivity (Wildman–Crippen MR) is 76.1 cm³/mol. The fourth-order valence-corrected chi connectivity index (χ4v) is 2.00. The Labute approximate surface area is 124 Å². The zero-order valence-corrected chi connectivity index (χ0v) is 11.8. The van der Waals surface area contributed by atoms with E-state index in [0.29, 0.717) is 19.0 Å². The molecule has 116 valence electrons. The summed E-state index contributed by atoms with van der Waals surface area (Å²) in [7, 11) is 0. The van der Waals surface area contributed by atoms with Gasteiger partial charge in [0, 0.05) is 12.3 Å². The summed E-state index contributed by atoms with van der Waals surface area (Å²) >= 11 is 0. The Kier molecular flexibility index (Phi) is 4.72. The summed E-state index contributed by atoms with van der Waals surface area (Å²) < 4.78 is 11.3. The number of fused-ring (bicyclic) bond motifs is 1. The van der Waals surface area contributed by atoms with E-state index in [0.717, 1.165) is 0 Å². The van der Waals surface area contributed by atoms with Crippen molar-refractivity contribution in [3.63, 3.8) is 0 Å². The summed E-state index contributed by atoms with van der Waals surface area (Å²) in [6.45, 7) is 2.69. The van der Waals surface area contributed by atoms with Crippen molar-refractivity contribution in [3.05, 3.63) is 34.1 Å². The predicted octanol–water partition coefficient (Wildman–Crippen LogP) is 0.666. The van der Waals surface area contributed by atoms with Crippen LogP contribution in [0.5, 0.6) is 5.88 Å². The molecule has 0 fully saturated rings. The number of hydrogen-bond donors (Lipinski definition) is 1. The molecule has 0 saturated heterocycles. The smallest absolute Gasteiger partial charge is 0.341 e. The Morgan fingerprint density at radius 2 is 2.23 bits per heavy atom. The Hall–Kier alpha value is -2.90. The first-order valence-electron chi connectivity index (χ1n) is 6.54. The van der Waals surface area contributed by atoms with Gasteiger partial charge in [-0.1, -0.05) is 0 Å². The van der Waals surface area contributed by atoms with Crippen LogP contribution in [0.3, 0.4) is 0 Å². The van der Waals surface area contributed by atoms with Gasteiger partial charge in [0.2, 0.25) is 11.3 Å². The molecule has 0 aliphatic carbocycles. The molecule has 0 aliphatic rings. The molecule has 1 N–H and O–H groups in total. The van der Waals surface area contributed by atoms with E-state index in [4.69, 9.17) is 9.84 Å². The quantitative estimate of drug-likeness (QED) is 0.591. The van der Waals surface area contributed by atoms with Gasteiger partial charge in [0.1, 0.15) is 17.8 Å². The van der Waals surface area contributed by atoms with Crippen LogP contribution in [0.25, 0.3) is 11.0 Å². The number of carbonyl (C=O) groups is 2. The maximum Gasteiger partial charge on any atom is 0.341 e. The first kappa shape index (κ1) is 15.5. The second-order valence-corrected chi connectivity index (χ2v) is 4.29. The molecule has 8 heteroatoms. The van der Waals surface area contributed by atoms with Crippen LogP contribution in [0.4, 0.5) is 0 Å². The molecule has 2 aromatic rings. The number of carboxylic acids is 1. The fourth-order valence-electron chi connectivity index (χ4n) is 2.00. The molecule has 0 atom stereocenters. The number of carboxylic acid groups (broad SMARTS) is 1. The Balaban J connectivity index is 2.62. The van der Waals surface area contributed by atoms with E-state index in [1.165, 1.54) is 22.9 Å². The van der Waals surface area contributed by atoms with Gasteiger partial charge in [0.15, 0.2) is 0 Å². The highest BCUT2D eigenvalue weighted by atomic mass is 16.5. The lowest BCUT2D eigenvalue weighted by Gasteiger charge is -2.12. The molecule has 8 nitrogen and oxygen atoms in total. The lowest BCUT2D eigenvalue weighted by atomic mass is 10.2. The van der Waals surface area contributed by atoms with Crippen molar-refractivity contribution in [1.29, 1.82) is 0 Å². The first-order valence-corrected chi connectivity index (χ1v) is 6.54. The Bertz CT molecular complexity index is 768. The van der Waals surface area contributed by atoms with Gasteiger partial charge in [-0.05, 0) is 13.0 Å². The Morgan fingerprint density at radius 3 is 2.86 bits per heavy atom. The van der Waals surface area contributed by atoms with Gasteiger partial charge in [-0.3, -0.25) is 9.59 Å². The first-order chi connectivity index (χ1) is 10.6. The number of ether oxygens (including phenoxy) is 2. The van der Waals surface area contributed by atoms with Crippen molar-refractivity contribution >= 4 is 23.5 Å².